The Kier molecular flexibility index (Phi) is 3.83. The number of aromatic nitrogens is 1. The Labute approximate surface area is 128 Å². The van der Waals surface area contributed by atoms with Gasteiger partial charge in [-0.15, -0.1) is 0 Å². The molecule has 3 aromatic rings. The lowest BCUT2D eigenvalue weighted by Gasteiger charge is -2.07. The summed E-state index contributed by atoms with van der Waals surface area (Å²) >= 11 is 0. The van der Waals surface area contributed by atoms with E-state index in [-0.39, 0.29) is 11.7 Å². The Balaban J connectivity index is 1.65. The maximum Gasteiger partial charge on any atom is 0.255 e. The summed E-state index contributed by atoms with van der Waals surface area (Å²) in [6.45, 7) is 2.41. The first-order valence-electron chi connectivity index (χ1n) is 7.28. The molecule has 4 heteroatoms. The van der Waals surface area contributed by atoms with Gasteiger partial charge in [0, 0.05) is 23.6 Å². The van der Waals surface area contributed by atoms with Crippen LogP contribution in [0.4, 0.5) is 0 Å². The van der Waals surface area contributed by atoms with Gasteiger partial charge in [0.1, 0.15) is 5.75 Å². The van der Waals surface area contributed by atoms with Crippen molar-refractivity contribution in [1.29, 1.82) is 0 Å². The van der Waals surface area contributed by atoms with Crippen molar-refractivity contribution in [3.8, 4) is 5.75 Å². The number of phenolic OH excluding ortho intramolecular Hbond substituents is 1. The fourth-order valence-electron chi connectivity index (χ4n) is 2.58. The number of H-pyrrole nitrogens is 1. The molecule has 2 aromatic carbocycles. The van der Waals surface area contributed by atoms with Gasteiger partial charge in [-0.25, -0.2) is 0 Å². The second-order valence-electron chi connectivity index (χ2n) is 5.39. The number of hydrogen-bond acceptors (Lipinski definition) is 2. The zero-order chi connectivity index (χ0) is 15.5. The van der Waals surface area contributed by atoms with Crippen molar-refractivity contribution >= 4 is 16.8 Å². The summed E-state index contributed by atoms with van der Waals surface area (Å²) in [6, 6.07) is 13.1. The van der Waals surface area contributed by atoms with Gasteiger partial charge in [-0.3, -0.25) is 4.79 Å². The van der Waals surface area contributed by atoms with Crippen molar-refractivity contribution in [1.82, 2.24) is 10.3 Å². The van der Waals surface area contributed by atoms with Crippen LogP contribution in [0.15, 0.2) is 48.7 Å². The average molecular weight is 294 g/mol. The number of fused-ring (bicyclic) bond motifs is 1. The van der Waals surface area contributed by atoms with Crippen LogP contribution in [0.5, 0.6) is 5.75 Å². The molecule has 0 radical (unpaired) electrons. The van der Waals surface area contributed by atoms with E-state index in [1.165, 1.54) is 10.9 Å². The third-order valence-electron chi connectivity index (χ3n) is 3.75. The van der Waals surface area contributed by atoms with Crippen LogP contribution >= 0.6 is 0 Å². The molecule has 22 heavy (non-hydrogen) atoms. The highest BCUT2D eigenvalue weighted by molar-refractivity contribution is 5.97. The predicted octanol–water partition coefficient (Wildman–Crippen LogP) is 3.15. The predicted molar refractivity (Wildman–Crippen MR) is 87.2 cm³/mol. The zero-order valence-electron chi connectivity index (χ0n) is 12.4. The molecule has 1 aromatic heterocycles. The van der Waals surface area contributed by atoms with E-state index in [0.29, 0.717) is 12.1 Å². The molecule has 0 atom stereocenters. The molecule has 0 aliphatic carbocycles. The number of carbonyl (C=O) groups is 1. The summed E-state index contributed by atoms with van der Waals surface area (Å²) < 4.78 is 0. The molecule has 0 aliphatic rings. The van der Waals surface area contributed by atoms with Crippen molar-refractivity contribution in [2.75, 3.05) is 6.54 Å². The van der Waals surface area contributed by atoms with Crippen LogP contribution in [-0.4, -0.2) is 22.5 Å². The maximum atomic E-state index is 12.1. The van der Waals surface area contributed by atoms with Crippen molar-refractivity contribution in [2.24, 2.45) is 0 Å². The normalized spacial score (nSPS) is 10.8. The summed E-state index contributed by atoms with van der Waals surface area (Å²) in [4.78, 5) is 15.4. The van der Waals surface area contributed by atoms with Crippen molar-refractivity contribution in [3.05, 3.63) is 65.4 Å². The first-order chi connectivity index (χ1) is 10.6. The number of amides is 1. The monoisotopic (exact) mass is 294 g/mol. The highest BCUT2D eigenvalue weighted by atomic mass is 16.3. The summed E-state index contributed by atoms with van der Waals surface area (Å²) in [6.07, 6.45) is 2.71. The van der Waals surface area contributed by atoms with Gasteiger partial charge in [0.25, 0.3) is 5.91 Å². The van der Waals surface area contributed by atoms with Gasteiger partial charge < -0.3 is 15.4 Å². The van der Waals surface area contributed by atoms with Gasteiger partial charge >= 0.3 is 0 Å². The minimum atomic E-state index is -0.249. The van der Waals surface area contributed by atoms with E-state index in [1.54, 1.807) is 18.2 Å². The molecule has 4 nitrogen and oxygen atoms in total. The minimum Gasteiger partial charge on any atom is -0.507 e. The summed E-state index contributed by atoms with van der Waals surface area (Å²) in [5.41, 5.74) is 3.53. The number of aromatic hydroxyl groups is 1. The van der Waals surface area contributed by atoms with Gasteiger partial charge in [0.2, 0.25) is 0 Å². The highest BCUT2D eigenvalue weighted by Crippen LogP contribution is 2.19. The fourth-order valence-corrected chi connectivity index (χ4v) is 2.58. The number of aromatic amines is 1. The molecule has 0 saturated heterocycles. The SMILES string of the molecule is Cc1ccc(O)c(C(=O)NCCc2c[nH]c3ccccc23)c1. The Morgan fingerprint density at radius 1 is 1.23 bits per heavy atom. The largest absolute Gasteiger partial charge is 0.507 e. The average Bonchev–Trinajstić information content (AvgIpc) is 2.93. The summed E-state index contributed by atoms with van der Waals surface area (Å²) in [5, 5.41) is 13.8. The number of phenols is 1. The number of para-hydroxylation sites is 1. The van der Waals surface area contributed by atoms with Crippen LogP contribution in [0.1, 0.15) is 21.5 Å². The molecule has 3 rings (SSSR count). The number of rotatable bonds is 4. The third-order valence-corrected chi connectivity index (χ3v) is 3.75. The van der Waals surface area contributed by atoms with Gasteiger partial charge in [-0.05, 0) is 37.1 Å². The number of aryl methyl sites for hydroxylation is 1. The fraction of sp³-hybridized carbons (Fsp3) is 0.167. The quantitative estimate of drug-likeness (QED) is 0.692. The number of nitrogens with one attached hydrogen (secondary N) is 2. The second kappa shape index (κ2) is 5.93. The number of benzene rings is 2. The van der Waals surface area contributed by atoms with Crippen LogP contribution in [0, 0.1) is 6.92 Å². The van der Waals surface area contributed by atoms with Gasteiger partial charge in [0.15, 0.2) is 0 Å². The van der Waals surface area contributed by atoms with Gasteiger partial charge in [0.05, 0.1) is 5.56 Å². The molecule has 0 unspecified atom stereocenters. The van der Waals surface area contributed by atoms with Crippen molar-refractivity contribution in [3.63, 3.8) is 0 Å². The van der Waals surface area contributed by atoms with Crippen LogP contribution in [0.2, 0.25) is 0 Å². The van der Waals surface area contributed by atoms with E-state index in [2.05, 4.69) is 16.4 Å². The molecule has 0 fully saturated rings. The Morgan fingerprint density at radius 2 is 2.05 bits per heavy atom. The zero-order valence-corrected chi connectivity index (χ0v) is 12.4. The number of hydrogen-bond donors (Lipinski definition) is 3. The Hall–Kier alpha value is -2.75. The van der Waals surface area contributed by atoms with Crippen LogP contribution in [-0.2, 0) is 6.42 Å². The van der Waals surface area contributed by atoms with E-state index >= 15 is 0 Å². The van der Waals surface area contributed by atoms with E-state index in [4.69, 9.17) is 0 Å². The Bertz CT molecular complexity index is 821. The number of carbonyl (C=O) groups excluding carboxylic acids is 1. The van der Waals surface area contributed by atoms with Crippen LogP contribution in [0.3, 0.4) is 0 Å². The molecule has 0 spiro atoms. The molecule has 112 valence electrons. The molecular formula is C18H18N2O2. The highest BCUT2D eigenvalue weighted by Gasteiger charge is 2.11. The van der Waals surface area contributed by atoms with Crippen molar-refractivity contribution < 1.29 is 9.90 Å². The Morgan fingerprint density at radius 3 is 2.91 bits per heavy atom. The first-order valence-corrected chi connectivity index (χ1v) is 7.28. The van der Waals surface area contributed by atoms with E-state index in [0.717, 1.165) is 17.5 Å². The molecular weight excluding hydrogens is 276 g/mol. The van der Waals surface area contributed by atoms with Gasteiger partial charge in [-0.1, -0.05) is 29.8 Å². The second-order valence-corrected chi connectivity index (χ2v) is 5.39. The molecule has 0 saturated carbocycles. The van der Waals surface area contributed by atoms with E-state index < -0.39 is 0 Å². The lowest BCUT2D eigenvalue weighted by Crippen LogP contribution is -2.25. The standard InChI is InChI=1S/C18H18N2O2/c1-12-6-7-17(21)15(10-12)18(22)19-9-8-13-11-20-16-5-3-2-4-14(13)16/h2-7,10-11,20-21H,8-9H2,1H3,(H,19,22). The van der Waals surface area contributed by atoms with E-state index in [1.807, 2.05) is 31.3 Å². The maximum absolute atomic E-state index is 12.1. The van der Waals surface area contributed by atoms with Crippen LogP contribution in [0.25, 0.3) is 10.9 Å². The first kappa shape index (κ1) is 14.2. The molecule has 1 amide bonds. The molecule has 0 bridgehead atoms. The van der Waals surface area contributed by atoms with Gasteiger partial charge in [-0.2, -0.15) is 0 Å². The molecule has 0 aliphatic heterocycles. The lowest BCUT2D eigenvalue weighted by atomic mass is 10.1. The topological polar surface area (TPSA) is 65.1 Å². The lowest BCUT2D eigenvalue weighted by molar-refractivity contribution is 0.0951. The minimum absolute atomic E-state index is 0.00944. The third kappa shape index (κ3) is 2.81. The van der Waals surface area contributed by atoms with Crippen LogP contribution < -0.4 is 5.32 Å². The molecule has 3 N–H and O–H groups in total. The summed E-state index contributed by atoms with van der Waals surface area (Å²) in [5.74, 6) is -0.240. The molecule has 1 heterocycles. The van der Waals surface area contributed by atoms with Crippen molar-refractivity contribution in [2.45, 2.75) is 13.3 Å². The smallest absolute Gasteiger partial charge is 0.255 e. The van der Waals surface area contributed by atoms with E-state index in [9.17, 15) is 9.90 Å². The summed E-state index contributed by atoms with van der Waals surface area (Å²) in [7, 11) is 0.